The second-order valence-electron chi connectivity index (χ2n) is 9.54. The number of aryl methyl sites for hydroxylation is 2. The van der Waals surface area contributed by atoms with Gasteiger partial charge in [-0.2, -0.15) is 0 Å². The number of benzene rings is 2. The van der Waals surface area contributed by atoms with Gasteiger partial charge >= 0.3 is 12.0 Å². The van der Waals surface area contributed by atoms with Crippen molar-refractivity contribution >= 4 is 45.8 Å². The maximum absolute atomic E-state index is 13.2. The summed E-state index contributed by atoms with van der Waals surface area (Å²) in [5, 5.41) is 16.1. The van der Waals surface area contributed by atoms with Gasteiger partial charge in [0.1, 0.15) is 5.52 Å². The predicted octanol–water partition coefficient (Wildman–Crippen LogP) is 5.14. The van der Waals surface area contributed by atoms with Crippen molar-refractivity contribution in [1.29, 1.82) is 0 Å². The van der Waals surface area contributed by atoms with Crippen LogP contribution in [-0.2, 0) is 9.53 Å². The molecule has 3 heterocycles. The monoisotopic (exact) mass is 530 g/mol. The van der Waals surface area contributed by atoms with Crippen molar-refractivity contribution in [3.63, 3.8) is 0 Å². The number of rotatable bonds is 7. The van der Waals surface area contributed by atoms with Crippen molar-refractivity contribution in [1.82, 2.24) is 30.4 Å². The lowest BCUT2D eigenvalue weighted by molar-refractivity contribution is -0.139. The molecule has 0 spiro atoms. The number of hydrogen-bond donors (Lipinski definition) is 2. The second-order valence-corrected chi connectivity index (χ2v) is 10.5. The Morgan fingerprint density at radius 1 is 1.16 bits per heavy atom. The molecular formula is C28H30N6O3S. The summed E-state index contributed by atoms with van der Waals surface area (Å²) in [6.45, 7) is 10.1. The summed E-state index contributed by atoms with van der Waals surface area (Å²) in [5.74, 6) is -0.214. The molecule has 5 rings (SSSR count). The maximum Gasteiger partial charge on any atom is 0.338 e. The average Bonchev–Trinajstić information content (AvgIpc) is 3.22. The van der Waals surface area contributed by atoms with Crippen LogP contribution >= 0.6 is 11.8 Å². The van der Waals surface area contributed by atoms with Crippen LogP contribution in [0.25, 0.3) is 22.1 Å². The van der Waals surface area contributed by atoms with Crippen LogP contribution in [0, 0.1) is 13.8 Å². The Balaban J connectivity index is 1.54. The van der Waals surface area contributed by atoms with Crippen LogP contribution in [0.4, 0.5) is 4.79 Å². The van der Waals surface area contributed by atoms with Gasteiger partial charge in [-0.05, 0) is 51.8 Å². The second kappa shape index (κ2) is 10.4. The number of nitrogens with one attached hydrogen (secondary N) is 2. The Labute approximate surface area is 225 Å². The Hall–Kier alpha value is -3.92. The van der Waals surface area contributed by atoms with Gasteiger partial charge < -0.3 is 19.9 Å². The molecule has 0 fully saturated rings. The molecule has 2 amide bonds. The van der Waals surface area contributed by atoms with Gasteiger partial charge in [0, 0.05) is 22.9 Å². The molecule has 1 aliphatic heterocycles. The lowest BCUT2D eigenvalue weighted by atomic mass is 9.91. The van der Waals surface area contributed by atoms with Crippen LogP contribution in [0.3, 0.4) is 0 Å². The molecule has 2 aromatic carbocycles. The van der Waals surface area contributed by atoms with E-state index < -0.39 is 12.0 Å². The number of fused-ring (bicyclic) bond motifs is 3. The van der Waals surface area contributed by atoms with E-state index in [0.717, 1.165) is 38.8 Å². The molecule has 0 aliphatic carbocycles. The highest BCUT2D eigenvalue weighted by Gasteiger charge is 2.34. The van der Waals surface area contributed by atoms with Crippen molar-refractivity contribution in [2.45, 2.75) is 51.9 Å². The van der Waals surface area contributed by atoms with E-state index in [1.165, 1.54) is 11.8 Å². The van der Waals surface area contributed by atoms with E-state index in [9.17, 15) is 9.59 Å². The first-order chi connectivity index (χ1) is 18.3. The van der Waals surface area contributed by atoms with Gasteiger partial charge in [0.25, 0.3) is 0 Å². The molecule has 9 nitrogen and oxygen atoms in total. The standard InChI is InChI=1S/C28H30N6O3S/c1-6-37-26(35)22-20(29-27(36)30-23(22)19-13-16(4)11-12-17(19)5)14-38-28-31-25-24(32-33-28)18-9-7-8-10-21(18)34(25)15(2)3/h7-13,15,23H,6,14H2,1-5H3,(H2,29,30,36). The number of amides is 2. The Morgan fingerprint density at radius 3 is 2.71 bits per heavy atom. The lowest BCUT2D eigenvalue weighted by Crippen LogP contribution is -2.46. The molecule has 196 valence electrons. The third kappa shape index (κ3) is 4.71. The van der Waals surface area contributed by atoms with Crippen LogP contribution in [0.2, 0.25) is 0 Å². The van der Waals surface area contributed by atoms with Crippen molar-refractivity contribution < 1.29 is 14.3 Å². The molecule has 0 bridgehead atoms. The minimum absolute atomic E-state index is 0.173. The Bertz CT molecular complexity index is 1590. The van der Waals surface area contributed by atoms with Gasteiger partial charge in [0.15, 0.2) is 5.65 Å². The lowest BCUT2D eigenvalue weighted by Gasteiger charge is -2.30. The summed E-state index contributed by atoms with van der Waals surface area (Å²) in [5.41, 5.74) is 6.24. The minimum atomic E-state index is -0.636. The summed E-state index contributed by atoms with van der Waals surface area (Å²) in [6.07, 6.45) is 0. The smallest absolute Gasteiger partial charge is 0.338 e. The molecule has 2 N–H and O–H groups in total. The van der Waals surface area contributed by atoms with Gasteiger partial charge in [-0.3, -0.25) is 0 Å². The number of urea groups is 1. The van der Waals surface area contributed by atoms with E-state index in [1.807, 2.05) is 50.2 Å². The number of ether oxygens (including phenoxy) is 1. The Kier molecular flexibility index (Phi) is 7.07. The maximum atomic E-state index is 13.2. The van der Waals surface area contributed by atoms with Crippen molar-refractivity contribution in [2.24, 2.45) is 0 Å². The highest BCUT2D eigenvalue weighted by molar-refractivity contribution is 7.99. The summed E-state index contributed by atoms with van der Waals surface area (Å²) in [4.78, 5) is 30.7. The zero-order valence-corrected chi connectivity index (χ0v) is 22.8. The SMILES string of the molecule is CCOC(=O)C1=C(CSc2nnc3c4ccccc4n(C(C)C)c3n2)NC(=O)NC1c1cc(C)ccc1C. The molecule has 1 atom stereocenters. The number of aromatic nitrogens is 4. The van der Waals surface area contributed by atoms with Crippen LogP contribution < -0.4 is 10.6 Å². The third-order valence-electron chi connectivity index (χ3n) is 6.55. The highest BCUT2D eigenvalue weighted by Crippen LogP contribution is 2.33. The van der Waals surface area contributed by atoms with Crippen LogP contribution in [0.1, 0.15) is 49.5 Å². The molecule has 0 radical (unpaired) electrons. The number of carbonyl (C=O) groups excluding carboxylic acids is 2. The fraction of sp³-hybridized carbons (Fsp3) is 0.321. The van der Waals surface area contributed by atoms with Crippen LogP contribution in [0.15, 0.2) is 58.9 Å². The van der Waals surface area contributed by atoms with E-state index in [4.69, 9.17) is 9.72 Å². The van der Waals surface area contributed by atoms with E-state index in [2.05, 4.69) is 45.3 Å². The predicted molar refractivity (Wildman–Crippen MR) is 148 cm³/mol. The van der Waals surface area contributed by atoms with E-state index in [-0.39, 0.29) is 24.4 Å². The van der Waals surface area contributed by atoms with Crippen LogP contribution in [0.5, 0.6) is 0 Å². The molecule has 0 saturated carbocycles. The Morgan fingerprint density at radius 2 is 1.95 bits per heavy atom. The number of thioether (sulfide) groups is 1. The van der Waals surface area contributed by atoms with Crippen molar-refractivity contribution in [3.8, 4) is 0 Å². The molecular weight excluding hydrogens is 500 g/mol. The summed E-state index contributed by atoms with van der Waals surface area (Å²) >= 11 is 1.31. The normalized spacial score (nSPS) is 15.7. The number of nitrogens with zero attached hydrogens (tertiary/aromatic N) is 4. The van der Waals surface area contributed by atoms with Gasteiger partial charge in [-0.1, -0.05) is 53.7 Å². The van der Waals surface area contributed by atoms with Crippen molar-refractivity contribution in [2.75, 3.05) is 12.4 Å². The first kappa shape index (κ1) is 25.7. The number of hydrogen-bond acceptors (Lipinski definition) is 7. The van der Waals surface area contributed by atoms with E-state index in [1.54, 1.807) is 6.92 Å². The summed E-state index contributed by atoms with van der Waals surface area (Å²) < 4.78 is 7.56. The number of para-hydroxylation sites is 1. The molecule has 0 saturated heterocycles. The molecule has 38 heavy (non-hydrogen) atoms. The van der Waals surface area contributed by atoms with Gasteiger partial charge in [-0.25, -0.2) is 14.6 Å². The van der Waals surface area contributed by atoms with E-state index >= 15 is 0 Å². The fourth-order valence-corrected chi connectivity index (χ4v) is 5.60. The molecule has 1 aliphatic rings. The largest absolute Gasteiger partial charge is 0.463 e. The van der Waals surface area contributed by atoms with Gasteiger partial charge in [-0.15, -0.1) is 10.2 Å². The van der Waals surface area contributed by atoms with Gasteiger partial charge in [0.2, 0.25) is 5.16 Å². The molecule has 2 aromatic heterocycles. The fourth-order valence-electron chi connectivity index (χ4n) is 4.85. The molecule has 1 unspecified atom stereocenters. The number of carbonyl (C=O) groups is 2. The summed E-state index contributed by atoms with van der Waals surface area (Å²) in [6, 6.07) is 13.2. The summed E-state index contributed by atoms with van der Waals surface area (Å²) in [7, 11) is 0. The minimum Gasteiger partial charge on any atom is -0.463 e. The van der Waals surface area contributed by atoms with E-state index in [0.29, 0.717) is 16.4 Å². The zero-order chi connectivity index (χ0) is 27.0. The highest BCUT2D eigenvalue weighted by atomic mass is 32.2. The first-order valence-corrected chi connectivity index (χ1v) is 13.6. The molecule has 4 aromatic rings. The first-order valence-electron chi connectivity index (χ1n) is 12.6. The third-order valence-corrected chi connectivity index (χ3v) is 7.42. The van der Waals surface area contributed by atoms with Crippen LogP contribution in [-0.4, -0.2) is 44.1 Å². The molecule has 10 heteroatoms. The zero-order valence-electron chi connectivity index (χ0n) is 22.0. The van der Waals surface area contributed by atoms with Crippen molar-refractivity contribution in [3.05, 3.63) is 70.4 Å². The topological polar surface area (TPSA) is 111 Å². The number of esters is 1. The average molecular weight is 531 g/mol. The van der Waals surface area contributed by atoms with Gasteiger partial charge in [0.05, 0.1) is 23.7 Å². The quantitative estimate of drug-likeness (QED) is 0.251.